The van der Waals surface area contributed by atoms with Crippen molar-refractivity contribution in [2.45, 2.75) is 0 Å². The second-order valence-corrected chi connectivity index (χ2v) is 2.85. The zero-order chi connectivity index (χ0) is 10.1. The predicted octanol–water partition coefficient (Wildman–Crippen LogP) is 0.781. The minimum Gasteiger partial charge on any atom is -0.508 e. The molecule has 0 atom stereocenters. The van der Waals surface area contributed by atoms with Gasteiger partial charge in [-0.15, -0.1) is 0 Å². The van der Waals surface area contributed by atoms with Crippen LogP contribution >= 0.6 is 0 Å². The quantitative estimate of drug-likeness (QED) is 0.538. The molecule has 0 saturated heterocycles. The van der Waals surface area contributed by atoms with Gasteiger partial charge in [-0.25, -0.2) is 4.79 Å². The first kappa shape index (κ1) is 8.43. The molecule has 0 fully saturated rings. The van der Waals surface area contributed by atoms with E-state index in [9.17, 15) is 15.0 Å². The molecule has 5 nitrogen and oxygen atoms in total. The second-order valence-electron chi connectivity index (χ2n) is 2.85. The Labute approximate surface area is 78.7 Å². The van der Waals surface area contributed by atoms with Gasteiger partial charge in [0.2, 0.25) is 5.88 Å². The molecular formula is C9H8N2O3. The molecule has 4 N–H and O–H groups in total. The lowest BCUT2D eigenvalue weighted by atomic mass is 10.1. The lowest BCUT2D eigenvalue weighted by Crippen LogP contribution is -1.99. The summed E-state index contributed by atoms with van der Waals surface area (Å²) in [5.74, 6) is -0.162. The molecule has 2 aromatic rings. The number of aromatic amines is 2. The Kier molecular flexibility index (Phi) is 1.78. The summed E-state index contributed by atoms with van der Waals surface area (Å²) in [5, 5.41) is 18.5. The Bertz CT molecular complexity index is 513. The van der Waals surface area contributed by atoms with Gasteiger partial charge in [0.1, 0.15) is 11.4 Å². The van der Waals surface area contributed by atoms with Crippen LogP contribution < -0.4 is 5.69 Å². The molecule has 14 heavy (non-hydrogen) atoms. The Hall–Kier alpha value is -2.17. The minimum atomic E-state index is -0.485. The van der Waals surface area contributed by atoms with Crippen LogP contribution in [-0.4, -0.2) is 20.2 Å². The molecule has 0 aliphatic heterocycles. The summed E-state index contributed by atoms with van der Waals surface area (Å²) >= 11 is 0. The van der Waals surface area contributed by atoms with Gasteiger partial charge in [0.15, 0.2) is 0 Å². The number of aromatic nitrogens is 2. The highest BCUT2D eigenvalue weighted by atomic mass is 16.3. The fraction of sp³-hybridized carbons (Fsp3) is 0. The first-order valence-electron chi connectivity index (χ1n) is 3.97. The van der Waals surface area contributed by atoms with Gasteiger partial charge in [-0.05, 0) is 12.1 Å². The largest absolute Gasteiger partial charge is 0.508 e. The SMILES string of the molecule is O=c1[nH]c(O)c(-c2cccc(O)c2)[nH]1. The van der Waals surface area contributed by atoms with E-state index < -0.39 is 5.69 Å². The molecule has 1 aromatic heterocycles. The van der Waals surface area contributed by atoms with Crippen LogP contribution in [0.4, 0.5) is 0 Å². The highest BCUT2D eigenvalue weighted by Gasteiger charge is 2.07. The molecule has 0 amide bonds. The van der Waals surface area contributed by atoms with Crippen molar-refractivity contribution in [2.75, 3.05) is 0 Å². The number of nitrogens with one attached hydrogen (secondary N) is 2. The van der Waals surface area contributed by atoms with Crippen LogP contribution in [-0.2, 0) is 0 Å². The molecule has 0 aliphatic carbocycles. The molecule has 0 radical (unpaired) electrons. The first-order valence-corrected chi connectivity index (χ1v) is 3.97. The fourth-order valence-corrected chi connectivity index (χ4v) is 1.24. The van der Waals surface area contributed by atoms with E-state index in [0.29, 0.717) is 5.56 Å². The Morgan fingerprint density at radius 2 is 1.93 bits per heavy atom. The van der Waals surface area contributed by atoms with Crippen LogP contribution in [0.15, 0.2) is 29.1 Å². The maximum atomic E-state index is 10.8. The number of hydrogen-bond donors (Lipinski definition) is 4. The maximum Gasteiger partial charge on any atom is 0.326 e. The zero-order valence-corrected chi connectivity index (χ0v) is 7.11. The third-order valence-corrected chi connectivity index (χ3v) is 1.84. The summed E-state index contributed by atoms with van der Waals surface area (Å²) < 4.78 is 0. The van der Waals surface area contributed by atoms with E-state index in [0.717, 1.165) is 0 Å². The third-order valence-electron chi connectivity index (χ3n) is 1.84. The van der Waals surface area contributed by atoms with Gasteiger partial charge < -0.3 is 15.2 Å². The standard InChI is InChI=1S/C9H8N2O3/c12-6-3-1-2-5(4-6)7-8(13)11-9(14)10-7/h1-4,12-13H,(H2,10,11,14). The molecule has 0 saturated carbocycles. The first-order chi connectivity index (χ1) is 6.66. The third kappa shape index (κ3) is 1.35. The van der Waals surface area contributed by atoms with E-state index in [1.165, 1.54) is 12.1 Å². The number of hydrogen-bond acceptors (Lipinski definition) is 3. The zero-order valence-electron chi connectivity index (χ0n) is 7.11. The molecule has 1 heterocycles. The average molecular weight is 192 g/mol. The van der Waals surface area contributed by atoms with Gasteiger partial charge >= 0.3 is 5.69 Å². The number of phenols is 1. The summed E-state index contributed by atoms with van der Waals surface area (Å²) in [4.78, 5) is 15.4. The van der Waals surface area contributed by atoms with E-state index in [1.807, 2.05) is 0 Å². The lowest BCUT2D eigenvalue weighted by Gasteiger charge is -1.98. The van der Waals surface area contributed by atoms with Crippen molar-refractivity contribution in [3.63, 3.8) is 0 Å². The molecular weight excluding hydrogens is 184 g/mol. The normalized spacial score (nSPS) is 10.3. The Morgan fingerprint density at radius 1 is 1.14 bits per heavy atom. The summed E-state index contributed by atoms with van der Waals surface area (Å²) in [6.07, 6.45) is 0. The van der Waals surface area contributed by atoms with Crippen molar-refractivity contribution in [1.29, 1.82) is 0 Å². The van der Waals surface area contributed by atoms with E-state index in [4.69, 9.17) is 0 Å². The van der Waals surface area contributed by atoms with Crippen molar-refractivity contribution in [1.82, 2.24) is 9.97 Å². The number of imidazole rings is 1. The fourth-order valence-electron chi connectivity index (χ4n) is 1.24. The van der Waals surface area contributed by atoms with Crippen LogP contribution in [0.3, 0.4) is 0 Å². The molecule has 0 bridgehead atoms. The number of aromatic hydroxyl groups is 2. The topological polar surface area (TPSA) is 89.1 Å². The second kappa shape index (κ2) is 2.95. The molecule has 72 valence electrons. The molecule has 0 unspecified atom stereocenters. The van der Waals surface area contributed by atoms with Crippen molar-refractivity contribution in [3.8, 4) is 22.9 Å². The van der Waals surface area contributed by atoms with Crippen LogP contribution in [0.1, 0.15) is 0 Å². The van der Waals surface area contributed by atoms with E-state index in [-0.39, 0.29) is 17.3 Å². The highest BCUT2D eigenvalue weighted by molar-refractivity contribution is 5.65. The van der Waals surface area contributed by atoms with Crippen LogP contribution in [0.25, 0.3) is 11.3 Å². The van der Waals surface area contributed by atoms with Crippen LogP contribution in [0.2, 0.25) is 0 Å². The maximum absolute atomic E-state index is 10.8. The monoisotopic (exact) mass is 192 g/mol. The van der Waals surface area contributed by atoms with Crippen LogP contribution in [0.5, 0.6) is 11.6 Å². The average Bonchev–Trinajstić information content (AvgIpc) is 2.45. The summed E-state index contributed by atoms with van der Waals surface area (Å²) in [5.41, 5.74) is 0.326. The summed E-state index contributed by atoms with van der Waals surface area (Å²) in [7, 11) is 0. The molecule has 5 heteroatoms. The van der Waals surface area contributed by atoms with Gasteiger partial charge in [0.25, 0.3) is 0 Å². The number of benzene rings is 1. The molecule has 0 aliphatic rings. The highest BCUT2D eigenvalue weighted by Crippen LogP contribution is 2.25. The van der Waals surface area contributed by atoms with Gasteiger partial charge in [-0.2, -0.15) is 0 Å². The minimum absolute atomic E-state index is 0.0731. The number of H-pyrrole nitrogens is 2. The molecule has 1 aromatic carbocycles. The van der Waals surface area contributed by atoms with Gasteiger partial charge in [0.05, 0.1) is 0 Å². The van der Waals surface area contributed by atoms with Gasteiger partial charge in [0, 0.05) is 5.56 Å². The van der Waals surface area contributed by atoms with Gasteiger partial charge in [-0.3, -0.25) is 4.98 Å². The van der Waals surface area contributed by atoms with Crippen LogP contribution in [0, 0.1) is 0 Å². The van der Waals surface area contributed by atoms with Crippen molar-refractivity contribution in [2.24, 2.45) is 0 Å². The van der Waals surface area contributed by atoms with Gasteiger partial charge in [-0.1, -0.05) is 12.1 Å². The van der Waals surface area contributed by atoms with E-state index in [2.05, 4.69) is 9.97 Å². The summed E-state index contributed by atoms with van der Waals surface area (Å²) in [6, 6.07) is 6.23. The summed E-state index contributed by atoms with van der Waals surface area (Å²) in [6.45, 7) is 0. The Balaban J connectivity index is 2.59. The van der Waals surface area contributed by atoms with E-state index in [1.54, 1.807) is 12.1 Å². The number of phenolic OH excluding ortho intramolecular Hbond substituents is 1. The van der Waals surface area contributed by atoms with E-state index >= 15 is 0 Å². The Morgan fingerprint density at radius 3 is 2.50 bits per heavy atom. The smallest absolute Gasteiger partial charge is 0.326 e. The molecule has 2 rings (SSSR count). The van der Waals surface area contributed by atoms with Crippen molar-refractivity contribution >= 4 is 0 Å². The van der Waals surface area contributed by atoms with Crippen molar-refractivity contribution in [3.05, 3.63) is 34.7 Å². The van der Waals surface area contributed by atoms with Crippen molar-refractivity contribution < 1.29 is 10.2 Å². The number of rotatable bonds is 1. The molecule has 0 spiro atoms. The predicted molar refractivity (Wildman–Crippen MR) is 50.2 cm³/mol. The lowest BCUT2D eigenvalue weighted by molar-refractivity contribution is 0.457.